The highest BCUT2D eigenvalue weighted by atomic mass is 19.1. The van der Waals surface area contributed by atoms with E-state index in [0.29, 0.717) is 23.7 Å². The molecule has 0 unspecified atom stereocenters. The van der Waals surface area contributed by atoms with Crippen molar-refractivity contribution in [2.24, 2.45) is 51.2 Å². The lowest BCUT2D eigenvalue weighted by Gasteiger charge is -2.70. The number of nitrogens with zero attached hydrogens (tertiary/aromatic N) is 2. The van der Waals surface area contributed by atoms with Crippen LogP contribution in [0.5, 0.6) is 0 Å². The fourth-order valence-corrected chi connectivity index (χ4v) is 12.2. The van der Waals surface area contributed by atoms with Crippen LogP contribution in [0.4, 0.5) is 4.39 Å². The average Bonchev–Trinajstić information content (AvgIpc) is 3.35. The number of aromatic nitrogens is 2. The van der Waals surface area contributed by atoms with Crippen molar-refractivity contribution >= 4 is 5.97 Å². The molecule has 1 aromatic heterocycles. The molecule has 4 nitrogen and oxygen atoms in total. The number of carboxylic acid groups (broad SMARTS) is 1. The Bertz CT molecular complexity index is 1490. The highest BCUT2D eigenvalue weighted by Gasteiger charge is 2.69. The van der Waals surface area contributed by atoms with E-state index in [9.17, 15) is 14.3 Å². The smallest absolute Gasteiger partial charge is 0.310 e. The van der Waals surface area contributed by atoms with Gasteiger partial charge in [0.25, 0.3) is 0 Å². The van der Waals surface area contributed by atoms with Gasteiger partial charge in [0.2, 0.25) is 0 Å². The number of halogens is 1. The van der Waals surface area contributed by atoms with Gasteiger partial charge in [0.1, 0.15) is 5.82 Å². The molecule has 42 heavy (non-hydrogen) atoms. The summed E-state index contributed by atoms with van der Waals surface area (Å²) in [5.41, 5.74) is 4.33. The van der Waals surface area contributed by atoms with Gasteiger partial charge in [-0.1, -0.05) is 66.2 Å². The van der Waals surface area contributed by atoms with Gasteiger partial charge in [-0.25, -0.2) is 9.07 Å². The molecule has 2 aromatic rings. The fourth-order valence-electron chi connectivity index (χ4n) is 12.2. The molecular formula is C37H49FN2O2. The lowest BCUT2D eigenvalue weighted by Crippen LogP contribution is -2.65. The molecule has 226 valence electrons. The van der Waals surface area contributed by atoms with Crippen molar-refractivity contribution in [2.45, 2.75) is 105 Å². The van der Waals surface area contributed by atoms with E-state index in [4.69, 9.17) is 5.10 Å². The summed E-state index contributed by atoms with van der Waals surface area (Å²) in [6.45, 7) is 17.1. The Balaban J connectivity index is 1.33. The van der Waals surface area contributed by atoms with Crippen LogP contribution in [-0.2, 0) is 16.6 Å². The first-order valence-corrected chi connectivity index (χ1v) is 16.5. The molecule has 7 rings (SSSR count). The largest absolute Gasteiger partial charge is 0.481 e. The van der Waals surface area contributed by atoms with Crippen molar-refractivity contribution in [2.75, 3.05) is 0 Å². The van der Waals surface area contributed by atoms with Crippen LogP contribution in [0.25, 0.3) is 5.69 Å². The lowest BCUT2D eigenvalue weighted by atomic mass is 9.33. The van der Waals surface area contributed by atoms with Gasteiger partial charge in [0.15, 0.2) is 0 Å². The second-order valence-electron chi connectivity index (χ2n) is 16.4. The van der Waals surface area contributed by atoms with Crippen LogP contribution in [0.2, 0.25) is 0 Å². The molecule has 0 spiro atoms. The second-order valence-corrected chi connectivity index (χ2v) is 16.4. The average molecular weight is 573 g/mol. The summed E-state index contributed by atoms with van der Waals surface area (Å²) in [4.78, 5) is 13.0. The monoisotopic (exact) mass is 572 g/mol. The first-order valence-electron chi connectivity index (χ1n) is 16.5. The fraction of sp³-hybridized carbons (Fsp3) is 0.676. The van der Waals surface area contributed by atoms with Gasteiger partial charge in [-0.15, -0.1) is 0 Å². The second kappa shape index (κ2) is 8.82. The van der Waals surface area contributed by atoms with Gasteiger partial charge >= 0.3 is 5.97 Å². The molecule has 0 aliphatic heterocycles. The van der Waals surface area contributed by atoms with Gasteiger partial charge in [-0.3, -0.25) is 4.79 Å². The molecule has 3 saturated carbocycles. The van der Waals surface area contributed by atoms with Gasteiger partial charge in [-0.05, 0) is 121 Å². The van der Waals surface area contributed by atoms with Crippen molar-refractivity contribution in [1.29, 1.82) is 0 Å². The van der Waals surface area contributed by atoms with Gasteiger partial charge in [-0.2, -0.15) is 5.10 Å². The molecule has 1 aromatic carbocycles. The van der Waals surface area contributed by atoms with Crippen molar-refractivity contribution in [3.05, 3.63) is 59.2 Å². The molecule has 0 amide bonds. The van der Waals surface area contributed by atoms with Crippen LogP contribution >= 0.6 is 0 Å². The van der Waals surface area contributed by atoms with Crippen LogP contribution < -0.4 is 0 Å². The highest BCUT2D eigenvalue weighted by molar-refractivity contribution is 5.76. The topological polar surface area (TPSA) is 55.1 Å². The molecule has 9 atom stereocenters. The minimum Gasteiger partial charge on any atom is -0.481 e. The Morgan fingerprint density at radius 2 is 1.79 bits per heavy atom. The minimum absolute atomic E-state index is 0.00893. The van der Waals surface area contributed by atoms with Crippen molar-refractivity contribution in [1.82, 2.24) is 9.78 Å². The number of aliphatic carboxylic acids is 1. The lowest BCUT2D eigenvalue weighted by molar-refractivity contribution is -0.179. The molecule has 1 N–H and O–H groups in total. The number of benzene rings is 1. The summed E-state index contributed by atoms with van der Waals surface area (Å²) in [7, 11) is 0. The molecular weight excluding hydrogens is 523 g/mol. The zero-order chi connectivity index (χ0) is 30.0. The van der Waals surface area contributed by atoms with Crippen LogP contribution in [0.15, 0.2) is 42.1 Å². The van der Waals surface area contributed by atoms with Crippen molar-refractivity contribution in [3.63, 3.8) is 0 Å². The van der Waals surface area contributed by atoms with E-state index in [1.54, 1.807) is 12.1 Å². The Morgan fingerprint density at radius 1 is 1.02 bits per heavy atom. The first-order chi connectivity index (χ1) is 19.7. The van der Waals surface area contributed by atoms with Crippen molar-refractivity contribution in [3.8, 4) is 5.69 Å². The minimum atomic E-state index is -0.602. The Hall–Kier alpha value is -2.43. The third-order valence-electron chi connectivity index (χ3n) is 14.6. The number of hydrogen-bond acceptors (Lipinski definition) is 2. The van der Waals surface area contributed by atoms with E-state index in [-0.39, 0.29) is 33.4 Å². The summed E-state index contributed by atoms with van der Waals surface area (Å²) in [6, 6.07) is 6.82. The quantitative estimate of drug-likeness (QED) is 0.366. The summed E-state index contributed by atoms with van der Waals surface area (Å²) < 4.78 is 16.3. The van der Waals surface area contributed by atoms with E-state index >= 15 is 0 Å². The number of allylic oxidation sites excluding steroid dienone is 2. The molecule has 0 saturated heterocycles. The number of carboxylic acids is 1. The molecule has 5 heteroatoms. The summed E-state index contributed by atoms with van der Waals surface area (Å²) in [5, 5.41) is 15.6. The van der Waals surface area contributed by atoms with Gasteiger partial charge < -0.3 is 5.11 Å². The van der Waals surface area contributed by atoms with E-state index in [0.717, 1.165) is 57.1 Å². The molecule has 5 aliphatic carbocycles. The zero-order valence-corrected chi connectivity index (χ0v) is 26.6. The van der Waals surface area contributed by atoms with E-state index in [1.807, 2.05) is 16.9 Å². The summed E-state index contributed by atoms with van der Waals surface area (Å²) in [6.07, 6.45) is 12.6. The standard InChI is InChI=1S/C37H49FN2O2/c1-22-13-16-37(32(41)42)18-17-35(6)27(30(37)23(22)2)11-12-29-34(5)20-24-21-39-40(26-10-8-9-25(38)19-26)31(24)33(3,4)28(34)14-15-36(29,35)7/h8-11,19,21-23,28-30H,12-18,20H2,1-7H3,(H,41,42)/t22-,23+,28+,29-,30+,34+,35-,36-,37+/m1/s1. The predicted molar refractivity (Wildman–Crippen MR) is 164 cm³/mol. The molecule has 0 bridgehead atoms. The third kappa shape index (κ3) is 3.34. The van der Waals surface area contributed by atoms with Crippen LogP contribution in [0.1, 0.15) is 105 Å². The zero-order valence-electron chi connectivity index (χ0n) is 26.6. The summed E-state index contributed by atoms with van der Waals surface area (Å²) >= 11 is 0. The maximum Gasteiger partial charge on any atom is 0.310 e. The molecule has 1 heterocycles. The number of carbonyl (C=O) groups is 1. The third-order valence-corrected chi connectivity index (χ3v) is 14.6. The number of fused-ring (bicyclic) bond motifs is 8. The van der Waals surface area contributed by atoms with Crippen molar-refractivity contribution < 1.29 is 14.3 Å². The van der Waals surface area contributed by atoms with E-state index in [1.165, 1.54) is 22.9 Å². The molecule has 5 aliphatic rings. The SMILES string of the molecule is C[C@H]1[C@H](C)CC[C@]2(C(=O)O)CC[C@]3(C)C(=CC[C@@H]4[C@@]5(C)Cc6cnn(-c7cccc(F)c7)c6C(C)(C)[C@@H]5CC[C@]43C)[C@H]12. The maximum absolute atomic E-state index is 14.3. The first kappa shape index (κ1) is 28.3. The number of rotatable bonds is 2. The van der Waals surface area contributed by atoms with Gasteiger partial charge in [0.05, 0.1) is 23.0 Å². The predicted octanol–water partition coefficient (Wildman–Crippen LogP) is 8.77. The summed E-state index contributed by atoms with van der Waals surface area (Å²) in [5.74, 6) is 1.27. The van der Waals surface area contributed by atoms with Crippen LogP contribution in [0.3, 0.4) is 0 Å². The maximum atomic E-state index is 14.3. The highest BCUT2D eigenvalue weighted by Crippen LogP contribution is 2.75. The van der Waals surface area contributed by atoms with E-state index in [2.05, 4.69) is 54.5 Å². The molecule has 3 fully saturated rings. The van der Waals surface area contributed by atoms with Gasteiger partial charge in [0, 0.05) is 5.41 Å². The van der Waals surface area contributed by atoms with E-state index < -0.39 is 11.4 Å². The Labute approximate surface area is 251 Å². The van der Waals surface area contributed by atoms with Crippen LogP contribution in [-0.4, -0.2) is 20.9 Å². The molecule has 0 radical (unpaired) electrons. The number of hydrogen-bond donors (Lipinski definition) is 1. The Kier molecular flexibility index (Phi) is 5.95. The Morgan fingerprint density at radius 3 is 2.50 bits per heavy atom. The normalized spacial score (nSPS) is 43.6. The van der Waals surface area contributed by atoms with Crippen LogP contribution in [0, 0.1) is 57.1 Å².